The Morgan fingerprint density at radius 2 is 2.00 bits per heavy atom. The normalized spacial score (nSPS) is 18.2. The van der Waals surface area contributed by atoms with Crippen LogP contribution in [0.2, 0.25) is 0 Å². The van der Waals surface area contributed by atoms with E-state index in [0.717, 1.165) is 24.6 Å². The highest BCUT2D eigenvalue weighted by Crippen LogP contribution is 2.25. The molecule has 0 saturated carbocycles. The molecule has 0 amide bonds. The predicted octanol–water partition coefficient (Wildman–Crippen LogP) is 2.99. The van der Waals surface area contributed by atoms with E-state index in [1.165, 1.54) is 43.3 Å². The third-order valence-electron chi connectivity index (χ3n) is 4.24. The zero-order chi connectivity index (χ0) is 13.1. The second-order valence-corrected chi connectivity index (χ2v) is 5.55. The molecule has 19 heavy (non-hydrogen) atoms. The van der Waals surface area contributed by atoms with Crippen LogP contribution in [0.15, 0.2) is 34.9 Å². The van der Waals surface area contributed by atoms with Gasteiger partial charge in [-0.05, 0) is 50.9 Å². The maximum atomic E-state index is 5.64. The van der Waals surface area contributed by atoms with E-state index in [-0.39, 0.29) is 0 Å². The molecule has 2 aromatic rings. The fourth-order valence-corrected chi connectivity index (χ4v) is 3.07. The summed E-state index contributed by atoms with van der Waals surface area (Å²) in [5.41, 5.74) is 7.95. The number of nitrogens with two attached hydrogens (primary N) is 1. The van der Waals surface area contributed by atoms with Gasteiger partial charge in [0, 0.05) is 17.5 Å². The molecule has 1 aromatic heterocycles. The van der Waals surface area contributed by atoms with Crippen LogP contribution < -0.4 is 5.73 Å². The molecule has 2 N–H and O–H groups in total. The Kier molecular flexibility index (Phi) is 3.85. The molecular formula is C16H22N2O. The lowest BCUT2D eigenvalue weighted by molar-refractivity contribution is 0.173. The van der Waals surface area contributed by atoms with E-state index in [1.807, 2.05) is 18.4 Å². The van der Waals surface area contributed by atoms with Gasteiger partial charge in [0.15, 0.2) is 0 Å². The van der Waals surface area contributed by atoms with Crippen molar-refractivity contribution in [2.45, 2.75) is 25.8 Å². The molecule has 3 nitrogen and oxygen atoms in total. The first kappa shape index (κ1) is 12.7. The van der Waals surface area contributed by atoms with E-state index >= 15 is 0 Å². The minimum atomic E-state index is 0.830. The van der Waals surface area contributed by atoms with E-state index in [4.69, 9.17) is 10.2 Å². The van der Waals surface area contributed by atoms with E-state index < -0.39 is 0 Å². The maximum Gasteiger partial charge on any atom is 0.134 e. The molecule has 3 heteroatoms. The van der Waals surface area contributed by atoms with Crippen molar-refractivity contribution < 1.29 is 4.42 Å². The second kappa shape index (κ2) is 5.76. The van der Waals surface area contributed by atoms with Crippen LogP contribution in [0, 0.1) is 5.92 Å². The van der Waals surface area contributed by atoms with Crippen LogP contribution in [0.5, 0.6) is 0 Å². The highest BCUT2D eigenvalue weighted by molar-refractivity contribution is 5.80. The summed E-state index contributed by atoms with van der Waals surface area (Å²) in [4.78, 5) is 2.53. The zero-order valence-corrected chi connectivity index (χ0v) is 11.3. The number of fused-ring (bicyclic) bond motifs is 1. The average Bonchev–Trinajstić information content (AvgIpc) is 2.85. The van der Waals surface area contributed by atoms with Gasteiger partial charge in [-0.25, -0.2) is 0 Å². The summed E-state index contributed by atoms with van der Waals surface area (Å²) in [6.45, 7) is 4.21. The summed E-state index contributed by atoms with van der Waals surface area (Å²) in [5.74, 6) is 0.836. The minimum Gasteiger partial charge on any atom is -0.464 e. The highest BCUT2D eigenvalue weighted by Gasteiger charge is 2.19. The Bertz CT molecular complexity index is 526. The first-order chi connectivity index (χ1) is 9.36. The van der Waals surface area contributed by atoms with Crippen molar-refractivity contribution in [3.05, 3.63) is 36.1 Å². The Hall–Kier alpha value is -1.32. The second-order valence-electron chi connectivity index (χ2n) is 5.55. The van der Waals surface area contributed by atoms with E-state index in [1.54, 1.807) is 0 Å². The molecule has 0 atom stereocenters. The van der Waals surface area contributed by atoms with E-state index in [9.17, 15) is 0 Å². The maximum absolute atomic E-state index is 5.64. The third-order valence-corrected chi connectivity index (χ3v) is 4.24. The van der Waals surface area contributed by atoms with Gasteiger partial charge in [0.2, 0.25) is 0 Å². The monoisotopic (exact) mass is 258 g/mol. The van der Waals surface area contributed by atoms with Crippen LogP contribution in [0.25, 0.3) is 11.0 Å². The van der Waals surface area contributed by atoms with E-state index in [0.29, 0.717) is 0 Å². The number of benzene rings is 1. The average molecular weight is 258 g/mol. The standard InChI is InChI=1S/C16H22N2O/c17-8-5-13-6-9-18(10-7-13)11-14-12-19-16-4-2-1-3-15(14)16/h1-4,12-13H,5-11,17H2. The number of nitrogens with zero attached hydrogens (tertiary/aromatic N) is 1. The van der Waals surface area contributed by atoms with Gasteiger partial charge in [-0.1, -0.05) is 18.2 Å². The molecule has 0 bridgehead atoms. The Morgan fingerprint density at radius 1 is 1.21 bits per heavy atom. The van der Waals surface area contributed by atoms with Crippen LogP contribution in [-0.4, -0.2) is 24.5 Å². The highest BCUT2D eigenvalue weighted by atomic mass is 16.3. The summed E-state index contributed by atoms with van der Waals surface area (Å²) < 4.78 is 5.61. The number of piperidine rings is 1. The summed E-state index contributed by atoms with van der Waals surface area (Å²) in [6, 6.07) is 8.28. The van der Waals surface area contributed by atoms with Gasteiger partial charge in [-0.3, -0.25) is 4.90 Å². The number of likely N-dealkylation sites (tertiary alicyclic amines) is 1. The molecule has 1 saturated heterocycles. The number of furan rings is 1. The molecule has 0 aliphatic carbocycles. The Labute approximate surface area is 114 Å². The lowest BCUT2D eigenvalue weighted by Crippen LogP contribution is -2.33. The molecule has 0 unspecified atom stereocenters. The van der Waals surface area contributed by atoms with Gasteiger partial charge in [-0.2, -0.15) is 0 Å². The molecule has 1 fully saturated rings. The van der Waals surface area contributed by atoms with Crippen molar-refractivity contribution in [1.82, 2.24) is 4.90 Å². The van der Waals surface area contributed by atoms with Crippen LogP contribution in [0.1, 0.15) is 24.8 Å². The SMILES string of the molecule is NCCC1CCN(Cc2coc3ccccc23)CC1. The number of hydrogen-bond acceptors (Lipinski definition) is 3. The van der Waals surface area contributed by atoms with E-state index in [2.05, 4.69) is 17.0 Å². The van der Waals surface area contributed by atoms with Gasteiger partial charge in [0.25, 0.3) is 0 Å². The smallest absolute Gasteiger partial charge is 0.134 e. The molecule has 3 rings (SSSR count). The summed E-state index contributed by atoms with van der Waals surface area (Å²) in [7, 11) is 0. The van der Waals surface area contributed by atoms with Crippen molar-refractivity contribution in [3.8, 4) is 0 Å². The number of rotatable bonds is 4. The lowest BCUT2D eigenvalue weighted by atomic mass is 9.93. The fourth-order valence-electron chi connectivity index (χ4n) is 3.07. The molecule has 102 valence electrons. The van der Waals surface area contributed by atoms with Crippen molar-refractivity contribution in [3.63, 3.8) is 0 Å². The van der Waals surface area contributed by atoms with Crippen molar-refractivity contribution >= 4 is 11.0 Å². The van der Waals surface area contributed by atoms with Crippen molar-refractivity contribution in [1.29, 1.82) is 0 Å². The van der Waals surface area contributed by atoms with Gasteiger partial charge in [0.05, 0.1) is 6.26 Å². The predicted molar refractivity (Wildman–Crippen MR) is 77.9 cm³/mol. The Morgan fingerprint density at radius 3 is 2.79 bits per heavy atom. The molecule has 1 aliphatic heterocycles. The first-order valence-electron chi connectivity index (χ1n) is 7.24. The summed E-state index contributed by atoms with van der Waals surface area (Å²) in [5, 5.41) is 1.26. The Balaban J connectivity index is 1.63. The van der Waals surface area contributed by atoms with Crippen LogP contribution in [0.3, 0.4) is 0 Å². The zero-order valence-electron chi connectivity index (χ0n) is 11.3. The minimum absolute atomic E-state index is 0.830. The molecule has 2 heterocycles. The van der Waals surface area contributed by atoms with Crippen LogP contribution >= 0.6 is 0 Å². The lowest BCUT2D eigenvalue weighted by Gasteiger charge is -2.31. The van der Waals surface area contributed by atoms with Gasteiger partial charge < -0.3 is 10.2 Å². The summed E-state index contributed by atoms with van der Waals surface area (Å²) >= 11 is 0. The molecule has 1 aromatic carbocycles. The van der Waals surface area contributed by atoms with Crippen molar-refractivity contribution in [2.75, 3.05) is 19.6 Å². The van der Waals surface area contributed by atoms with Gasteiger partial charge in [0.1, 0.15) is 5.58 Å². The number of hydrogen-bond donors (Lipinski definition) is 1. The molecule has 0 radical (unpaired) electrons. The number of para-hydroxylation sites is 1. The molecular weight excluding hydrogens is 236 g/mol. The third kappa shape index (κ3) is 2.82. The first-order valence-corrected chi connectivity index (χ1v) is 7.24. The van der Waals surface area contributed by atoms with Crippen LogP contribution in [0.4, 0.5) is 0 Å². The topological polar surface area (TPSA) is 42.4 Å². The molecule has 0 spiro atoms. The largest absolute Gasteiger partial charge is 0.464 e. The van der Waals surface area contributed by atoms with Gasteiger partial charge >= 0.3 is 0 Å². The van der Waals surface area contributed by atoms with Crippen LogP contribution in [-0.2, 0) is 6.54 Å². The summed E-state index contributed by atoms with van der Waals surface area (Å²) in [6.07, 6.45) is 5.67. The van der Waals surface area contributed by atoms with Gasteiger partial charge in [-0.15, -0.1) is 0 Å². The molecule has 1 aliphatic rings. The fraction of sp³-hybridized carbons (Fsp3) is 0.500. The van der Waals surface area contributed by atoms with Crippen molar-refractivity contribution in [2.24, 2.45) is 11.7 Å². The quantitative estimate of drug-likeness (QED) is 0.916.